The van der Waals surface area contributed by atoms with Gasteiger partial charge in [-0.2, -0.15) is 0 Å². The number of aromatic nitrogens is 3. The van der Waals surface area contributed by atoms with Crippen molar-refractivity contribution < 1.29 is 4.39 Å². The average molecular weight is 262 g/mol. The predicted molar refractivity (Wildman–Crippen MR) is 72.2 cm³/mol. The highest BCUT2D eigenvalue weighted by Gasteiger charge is 2.19. The second-order valence-electron chi connectivity index (χ2n) is 4.37. The summed E-state index contributed by atoms with van der Waals surface area (Å²) in [6.07, 6.45) is 6.04. The minimum atomic E-state index is -0.323. The van der Waals surface area contributed by atoms with Crippen LogP contribution in [-0.4, -0.2) is 21.1 Å². The number of aryl methyl sites for hydroxylation is 1. The molecule has 0 bridgehead atoms. The molecule has 4 nitrogen and oxygen atoms in total. The molecule has 102 valence electrons. The maximum Gasteiger partial charge on any atom is 0.141 e. The van der Waals surface area contributed by atoms with Gasteiger partial charge in [0.05, 0.1) is 11.9 Å². The lowest BCUT2D eigenvalue weighted by Crippen LogP contribution is -2.26. The Kier molecular flexibility index (Phi) is 4.63. The van der Waals surface area contributed by atoms with Gasteiger partial charge in [0.1, 0.15) is 17.7 Å². The van der Waals surface area contributed by atoms with E-state index in [9.17, 15) is 4.39 Å². The maximum absolute atomic E-state index is 13.0. The van der Waals surface area contributed by atoms with Crippen molar-refractivity contribution in [3.8, 4) is 0 Å². The van der Waals surface area contributed by atoms with Crippen LogP contribution >= 0.6 is 0 Å². The first-order valence-corrected chi connectivity index (χ1v) is 6.62. The van der Waals surface area contributed by atoms with Crippen LogP contribution < -0.4 is 5.32 Å². The van der Waals surface area contributed by atoms with E-state index in [4.69, 9.17) is 0 Å². The number of pyridine rings is 1. The van der Waals surface area contributed by atoms with E-state index in [0.717, 1.165) is 31.0 Å². The first-order valence-electron chi connectivity index (χ1n) is 6.62. The Labute approximate surface area is 112 Å². The number of nitrogens with one attached hydrogen (secondary N) is 1. The van der Waals surface area contributed by atoms with E-state index >= 15 is 0 Å². The van der Waals surface area contributed by atoms with Crippen LogP contribution in [0.2, 0.25) is 0 Å². The molecule has 19 heavy (non-hydrogen) atoms. The molecule has 0 aliphatic heterocycles. The monoisotopic (exact) mass is 262 g/mol. The van der Waals surface area contributed by atoms with E-state index in [0.29, 0.717) is 0 Å². The molecule has 2 aromatic rings. The maximum atomic E-state index is 13.0. The topological polar surface area (TPSA) is 42.7 Å². The molecule has 0 spiro atoms. The van der Waals surface area contributed by atoms with E-state index in [2.05, 4.69) is 26.8 Å². The van der Waals surface area contributed by atoms with Crippen molar-refractivity contribution in [1.29, 1.82) is 0 Å². The van der Waals surface area contributed by atoms with Gasteiger partial charge in [-0.05, 0) is 25.1 Å². The zero-order chi connectivity index (χ0) is 13.7. The molecule has 2 heterocycles. The van der Waals surface area contributed by atoms with Crippen LogP contribution in [0.1, 0.15) is 37.8 Å². The molecule has 0 radical (unpaired) electrons. The molecule has 0 aromatic carbocycles. The fraction of sp³-hybridized carbons (Fsp3) is 0.429. The number of rotatable bonds is 6. The molecule has 1 N–H and O–H groups in total. The van der Waals surface area contributed by atoms with Gasteiger partial charge in [0.25, 0.3) is 0 Å². The van der Waals surface area contributed by atoms with Gasteiger partial charge in [0, 0.05) is 18.9 Å². The SMILES string of the molecule is CCCn1ccnc1C(NCC)c1ccc(F)cn1. The zero-order valence-electron chi connectivity index (χ0n) is 11.3. The normalized spacial score (nSPS) is 12.6. The molecule has 0 aliphatic carbocycles. The summed E-state index contributed by atoms with van der Waals surface area (Å²) in [5, 5.41) is 3.35. The largest absolute Gasteiger partial charge is 0.333 e. The number of nitrogens with zero attached hydrogens (tertiary/aromatic N) is 3. The van der Waals surface area contributed by atoms with E-state index in [1.807, 2.05) is 13.1 Å². The second kappa shape index (κ2) is 6.43. The van der Waals surface area contributed by atoms with E-state index in [1.54, 1.807) is 12.3 Å². The Balaban J connectivity index is 2.33. The van der Waals surface area contributed by atoms with Gasteiger partial charge in [-0.15, -0.1) is 0 Å². The second-order valence-corrected chi connectivity index (χ2v) is 4.37. The highest BCUT2D eigenvalue weighted by Crippen LogP contribution is 2.19. The predicted octanol–water partition coefficient (Wildman–Crippen LogP) is 2.53. The lowest BCUT2D eigenvalue weighted by molar-refractivity contribution is 0.532. The molecule has 0 fully saturated rings. The average Bonchev–Trinajstić information content (AvgIpc) is 2.86. The Morgan fingerprint density at radius 3 is 2.79 bits per heavy atom. The number of hydrogen-bond donors (Lipinski definition) is 1. The standard InChI is InChI=1S/C14H19FN4/c1-3-8-19-9-7-17-14(19)13(16-4-2)12-6-5-11(15)10-18-12/h5-7,9-10,13,16H,3-4,8H2,1-2H3. The molecule has 0 aliphatic rings. The molecule has 0 saturated heterocycles. The van der Waals surface area contributed by atoms with Crippen molar-refractivity contribution in [2.45, 2.75) is 32.9 Å². The molecular formula is C14H19FN4. The smallest absolute Gasteiger partial charge is 0.141 e. The van der Waals surface area contributed by atoms with Crippen molar-refractivity contribution in [3.05, 3.63) is 48.1 Å². The minimum Gasteiger partial charge on any atom is -0.333 e. The van der Waals surface area contributed by atoms with Gasteiger partial charge in [0.15, 0.2) is 0 Å². The molecule has 0 amide bonds. The van der Waals surface area contributed by atoms with Gasteiger partial charge in [-0.25, -0.2) is 9.37 Å². The third-order valence-electron chi connectivity index (χ3n) is 2.92. The first kappa shape index (κ1) is 13.7. The molecule has 0 saturated carbocycles. The molecule has 1 atom stereocenters. The van der Waals surface area contributed by atoms with E-state index in [1.165, 1.54) is 12.3 Å². The van der Waals surface area contributed by atoms with Crippen LogP contribution in [0.15, 0.2) is 30.7 Å². The van der Waals surface area contributed by atoms with Crippen LogP contribution in [0.4, 0.5) is 4.39 Å². The van der Waals surface area contributed by atoms with Gasteiger partial charge >= 0.3 is 0 Å². The molecule has 2 rings (SSSR count). The summed E-state index contributed by atoms with van der Waals surface area (Å²) in [5.41, 5.74) is 0.784. The highest BCUT2D eigenvalue weighted by atomic mass is 19.1. The van der Waals surface area contributed by atoms with Crippen LogP contribution in [0.3, 0.4) is 0 Å². The van der Waals surface area contributed by atoms with Crippen molar-refractivity contribution in [1.82, 2.24) is 19.9 Å². The molecular weight excluding hydrogens is 243 g/mol. The van der Waals surface area contributed by atoms with Gasteiger partial charge in [0.2, 0.25) is 0 Å². The Hall–Kier alpha value is -1.75. The Morgan fingerprint density at radius 2 is 2.16 bits per heavy atom. The van der Waals surface area contributed by atoms with Gasteiger partial charge in [-0.3, -0.25) is 4.98 Å². The lowest BCUT2D eigenvalue weighted by Gasteiger charge is -2.18. The fourth-order valence-corrected chi connectivity index (χ4v) is 2.10. The van der Waals surface area contributed by atoms with Crippen LogP contribution in [0, 0.1) is 5.82 Å². The van der Waals surface area contributed by atoms with Crippen LogP contribution in [0.5, 0.6) is 0 Å². The molecule has 2 aromatic heterocycles. The summed E-state index contributed by atoms with van der Waals surface area (Å²) < 4.78 is 15.1. The molecule has 5 heteroatoms. The lowest BCUT2D eigenvalue weighted by atomic mass is 10.1. The quantitative estimate of drug-likeness (QED) is 0.870. The zero-order valence-corrected chi connectivity index (χ0v) is 11.3. The van der Waals surface area contributed by atoms with Gasteiger partial charge in [-0.1, -0.05) is 13.8 Å². The van der Waals surface area contributed by atoms with Crippen molar-refractivity contribution in [2.24, 2.45) is 0 Å². The summed E-state index contributed by atoms with van der Waals surface area (Å²) in [5.74, 6) is 0.596. The third-order valence-corrected chi connectivity index (χ3v) is 2.92. The van der Waals surface area contributed by atoms with Crippen LogP contribution in [-0.2, 0) is 6.54 Å². The summed E-state index contributed by atoms with van der Waals surface area (Å²) in [6.45, 7) is 5.87. The number of halogens is 1. The summed E-state index contributed by atoms with van der Waals surface area (Å²) >= 11 is 0. The van der Waals surface area contributed by atoms with Crippen LogP contribution in [0.25, 0.3) is 0 Å². The van der Waals surface area contributed by atoms with Crippen molar-refractivity contribution in [3.63, 3.8) is 0 Å². The fourth-order valence-electron chi connectivity index (χ4n) is 2.10. The Morgan fingerprint density at radius 1 is 1.32 bits per heavy atom. The first-order chi connectivity index (χ1) is 9.26. The van der Waals surface area contributed by atoms with E-state index in [-0.39, 0.29) is 11.9 Å². The van der Waals surface area contributed by atoms with Crippen molar-refractivity contribution >= 4 is 0 Å². The number of imidazole rings is 1. The van der Waals surface area contributed by atoms with E-state index < -0.39 is 0 Å². The third kappa shape index (κ3) is 3.17. The summed E-state index contributed by atoms with van der Waals surface area (Å²) in [4.78, 5) is 8.58. The number of hydrogen-bond acceptors (Lipinski definition) is 3. The summed E-state index contributed by atoms with van der Waals surface area (Å²) in [6, 6.07) is 3.03. The Bertz CT molecular complexity index is 506. The summed E-state index contributed by atoms with van der Waals surface area (Å²) in [7, 11) is 0. The molecule has 1 unspecified atom stereocenters. The van der Waals surface area contributed by atoms with Gasteiger partial charge < -0.3 is 9.88 Å². The minimum absolute atomic E-state index is 0.104. The van der Waals surface area contributed by atoms with Crippen molar-refractivity contribution in [2.75, 3.05) is 6.54 Å². The highest BCUT2D eigenvalue weighted by molar-refractivity contribution is 5.18.